The van der Waals surface area contributed by atoms with Gasteiger partial charge in [0, 0.05) is 49.0 Å². The second kappa shape index (κ2) is 9.08. The Hall–Kier alpha value is -3.42. The number of halogens is 1. The highest BCUT2D eigenvalue weighted by Crippen LogP contribution is 2.24. The van der Waals surface area contributed by atoms with Crippen LogP contribution in [0.4, 0.5) is 5.69 Å². The van der Waals surface area contributed by atoms with E-state index in [1.54, 1.807) is 12.1 Å². The molecule has 1 amide bonds. The predicted molar refractivity (Wildman–Crippen MR) is 134 cm³/mol. The van der Waals surface area contributed by atoms with Crippen molar-refractivity contribution in [2.45, 2.75) is 39.9 Å². The van der Waals surface area contributed by atoms with E-state index in [4.69, 9.17) is 11.6 Å². The quantitative estimate of drug-likeness (QED) is 0.467. The fourth-order valence-electron chi connectivity index (χ4n) is 4.70. The summed E-state index contributed by atoms with van der Waals surface area (Å²) in [4.78, 5) is 28.9. The Morgan fingerprint density at radius 2 is 1.97 bits per heavy atom. The number of carbonyl (C=O) groups is 1. The Labute approximate surface area is 202 Å². The van der Waals surface area contributed by atoms with Gasteiger partial charge >= 0.3 is 0 Å². The van der Waals surface area contributed by atoms with E-state index in [2.05, 4.69) is 32.0 Å². The van der Waals surface area contributed by atoms with Crippen molar-refractivity contribution in [3.8, 4) is 0 Å². The Balaban J connectivity index is 1.52. The van der Waals surface area contributed by atoms with Crippen LogP contribution in [0.15, 0.2) is 59.5 Å². The molecule has 174 valence electrons. The lowest BCUT2D eigenvalue weighted by atomic mass is 10.0. The Morgan fingerprint density at radius 1 is 1.18 bits per heavy atom. The Morgan fingerprint density at radius 3 is 2.74 bits per heavy atom. The number of aromatic nitrogens is 3. The smallest absolute Gasteiger partial charge is 0.279 e. The molecular weight excluding hydrogens is 450 g/mol. The third kappa shape index (κ3) is 4.02. The fraction of sp³-hybridized carbons (Fsp3) is 0.269. The van der Waals surface area contributed by atoms with Gasteiger partial charge in [0.15, 0.2) is 5.65 Å². The van der Waals surface area contributed by atoms with E-state index in [-0.39, 0.29) is 11.5 Å². The molecule has 2 aromatic heterocycles. The molecule has 8 heteroatoms. The Kier molecular flexibility index (Phi) is 5.98. The molecule has 4 aromatic rings. The van der Waals surface area contributed by atoms with Crippen LogP contribution < -0.4 is 10.9 Å². The van der Waals surface area contributed by atoms with Crippen molar-refractivity contribution in [2.75, 3.05) is 11.9 Å². The number of fused-ring (bicyclic) bond motifs is 2. The molecule has 0 aliphatic carbocycles. The summed E-state index contributed by atoms with van der Waals surface area (Å²) in [5.41, 5.74) is 5.22. The predicted octanol–water partition coefficient (Wildman–Crippen LogP) is 4.29. The first kappa shape index (κ1) is 22.4. The maximum atomic E-state index is 13.4. The molecule has 2 aromatic carbocycles. The lowest BCUT2D eigenvalue weighted by Crippen LogP contribution is -2.38. The second-order valence-corrected chi connectivity index (χ2v) is 9.06. The van der Waals surface area contributed by atoms with Gasteiger partial charge in [-0.15, -0.1) is 0 Å². The van der Waals surface area contributed by atoms with E-state index in [0.717, 1.165) is 36.3 Å². The number of carbonyl (C=O) groups excluding carboxylic acids is 1. The van der Waals surface area contributed by atoms with Gasteiger partial charge in [0.05, 0.1) is 11.8 Å². The van der Waals surface area contributed by atoms with Gasteiger partial charge < -0.3 is 9.88 Å². The van der Waals surface area contributed by atoms with Crippen LogP contribution in [-0.4, -0.2) is 31.5 Å². The number of nitrogens with zero attached hydrogens (tertiary/aromatic N) is 4. The highest BCUT2D eigenvalue weighted by Gasteiger charge is 2.27. The highest BCUT2D eigenvalue weighted by atomic mass is 35.5. The SMILES string of the molecule is CCn1c2c(c(=O)n3ncc(C(=O)Nc4cc(Cl)ccc4C)c13)CN(Cc1ccccc1)CC2. The minimum atomic E-state index is -0.316. The van der Waals surface area contributed by atoms with Crippen molar-refractivity contribution < 1.29 is 4.79 Å². The lowest BCUT2D eigenvalue weighted by molar-refractivity contribution is 0.102. The summed E-state index contributed by atoms with van der Waals surface area (Å²) in [5.74, 6) is -0.316. The number of hydrogen-bond donors (Lipinski definition) is 1. The average molecular weight is 476 g/mol. The van der Waals surface area contributed by atoms with Gasteiger partial charge in [0.2, 0.25) is 0 Å². The van der Waals surface area contributed by atoms with E-state index < -0.39 is 0 Å². The average Bonchev–Trinajstić information content (AvgIpc) is 3.28. The summed E-state index contributed by atoms with van der Waals surface area (Å²) in [6.07, 6.45) is 2.21. The number of benzene rings is 2. The first-order valence-electron chi connectivity index (χ1n) is 11.4. The number of anilines is 1. The van der Waals surface area contributed by atoms with Gasteiger partial charge in [0.1, 0.15) is 5.56 Å². The third-order valence-corrected chi connectivity index (χ3v) is 6.66. The van der Waals surface area contributed by atoms with Crippen molar-refractivity contribution in [2.24, 2.45) is 0 Å². The van der Waals surface area contributed by atoms with Crippen LogP contribution in [0, 0.1) is 6.92 Å². The third-order valence-electron chi connectivity index (χ3n) is 6.43. The van der Waals surface area contributed by atoms with Crippen molar-refractivity contribution in [3.63, 3.8) is 0 Å². The molecule has 1 aliphatic rings. The molecule has 0 saturated heterocycles. The first-order chi connectivity index (χ1) is 16.5. The first-order valence-corrected chi connectivity index (χ1v) is 11.8. The van der Waals surface area contributed by atoms with Crippen molar-refractivity contribution in [3.05, 3.63) is 98.1 Å². The van der Waals surface area contributed by atoms with Crippen LogP contribution in [0.3, 0.4) is 0 Å². The number of aryl methyl sites for hydroxylation is 2. The minimum absolute atomic E-state index is 0.162. The maximum Gasteiger partial charge on any atom is 0.279 e. The number of amides is 1. The summed E-state index contributed by atoms with van der Waals surface area (Å²) in [6, 6.07) is 15.6. The number of hydrogen-bond acceptors (Lipinski definition) is 4. The fourth-order valence-corrected chi connectivity index (χ4v) is 4.87. The molecule has 0 fully saturated rings. The largest absolute Gasteiger partial charge is 0.329 e. The summed E-state index contributed by atoms with van der Waals surface area (Å²) >= 11 is 6.11. The summed E-state index contributed by atoms with van der Waals surface area (Å²) in [5, 5.41) is 7.80. The van der Waals surface area contributed by atoms with Crippen molar-refractivity contribution in [1.82, 2.24) is 19.1 Å². The molecule has 0 radical (unpaired) electrons. The van der Waals surface area contributed by atoms with Crippen LogP contribution in [0.25, 0.3) is 5.65 Å². The van der Waals surface area contributed by atoms with Crippen LogP contribution in [0.5, 0.6) is 0 Å². The zero-order valence-corrected chi connectivity index (χ0v) is 20.0. The van der Waals surface area contributed by atoms with Crippen molar-refractivity contribution in [1.29, 1.82) is 0 Å². The van der Waals surface area contributed by atoms with Crippen LogP contribution >= 0.6 is 11.6 Å². The second-order valence-electron chi connectivity index (χ2n) is 8.63. The molecule has 0 saturated carbocycles. The van der Waals surface area contributed by atoms with E-state index in [0.29, 0.717) is 35.0 Å². The number of rotatable bonds is 5. The molecule has 0 unspecified atom stereocenters. The van der Waals surface area contributed by atoms with Gasteiger partial charge in [0.25, 0.3) is 11.5 Å². The molecule has 5 rings (SSSR count). The molecule has 34 heavy (non-hydrogen) atoms. The van der Waals surface area contributed by atoms with Gasteiger partial charge in [-0.3, -0.25) is 14.5 Å². The van der Waals surface area contributed by atoms with Crippen LogP contribution in [0.2, 0.25) is 5.02 Å². The highest BCUT2D eigenvalue weighted by molar-refractivity contribution is 6.31. The molecule has 0 spiro atoms. The normalized spacial score (nSPS) is 13.7. The molecule has 1 N–H and O–H groups in total. The minimum Gasteiger partial charge on any atom is -0.329 e. The zero-order valence-electron chi connectivity index (χ0n) is 19.2. The number of nitrogens with one attached hydrogen (secondary N) is 1. The van der Waals surface area contributed by atoms with Gasteiger partial charge in [-0.2, -0.15) is 9.61 Å². The Bertz CT molecular complexity index is 1440. The summed E-state index contributed by atoms with van der Waals surface area (Å²) in [7, 11) is 0. The molecule has 0 bridgehead atoms. The summed E-state index contributed by atoms with van der Waals surface area (Å²) in [6.45, 7) is 6.75. The van der Waals surface area contributed by atoms with E-state index in [1.165, 1.54) is 16.3 Å². The van der Waals surface area contributed by atoms with Gasteiger partial charge in [-0.1, -0.05) is 48.0 Å². The standard InChI is InChI=1S/C26H26ClN5O2/c1-3-31-23-11-12-30(15-18-7-5-4-6-8-18)16-21(23)26(34)32-25(31)20(14-28-32)24(33)29-22-13-19(27)10-9-17(22)2/h4-10,13-14H,3,11-12,15-16H2,1-2H3,(H,29,33). The summed E-state index contributed by atoms with van der Waals surface area (Å²) < 4.78 is 3.43. The van der Waals surface area contributed by atoms with Gasteiger partial charge in [-0.05, 0) is 37.1 Å². The van der Waals surface area contributed by atoms with Crippen LogP contribution in [-0.2, 0) is 26.1 Å². The van der Waals surface area contributed by atoms with Gasteiger partial charge in [-0.25, -0.2) is 0 Å². The molecule has 7 nitrogen and oxygen atoms in total. The van der Waals surface area contributed by atoms with Crippen LogP contribution in [0.1, 0.15) is 39.7 Å². The molecule has 3 heterocycles. The monoisotopic (exact) mass is 475 g/mol. The van der Waals surface area contributed by atoms with E-state index in [9.17, 15) is 9.59 Å². The lowest BCUT2D eigenvalue weighted by Gasteiger charge is -2.30. The molecule has 0 atom stereocenters. The van der Waals surface area contributed by atoms with E-state index in [1.807, 2.05) is 38.1 Å². The maximum absolute atomic E-state index is 13.4. The van der Waals surface area contributed by atoms with Crippen molar-refractivity contribution >= 4 is 28.8 Å². The molecule has 1 aliphatic heterocycles. The van der Waals surface area contributed by atoms with E-state index >= 15 is 0 Å². The molecular formula is C26H26ClN5O2. The topological polar surface area (TPSA) is 71.6 Å². The zero-order chi connectivity index (χ0) is 23.8.